The summed E-state index contributed by atoms with van der Waals surface area (Å²) in [6.45, 7) is 4.08. The Morgan fingerprint density at radius 2 is 2.12 bits per heavy atom. The van der Waals surface area contributed by atoms with Gasteiger partial charge < -0.3 is 9.84 Å². The Balaban J connectivity index is 2.31. The van der Waals surface area contributed by atoms with Gasteiger partial charge in [0.05, 0.1) is 11.7 Å². The van der Waals surface area contributed by atoms with Crippen molar-refractivity contribution in [1.82, 2.24) is 0 Å². The summed E-state index contributed by atoms with van der Waals surface area (Å²) < 4.78 is 5.76. The minimum atomic E-state index is -0.889. The summed E-state index contributed by atoms with van der Waals surface area (Å²) in [7, 11) is 0. The summed E-state index contributed by atoms with van der Waals surface area (Å²) in [6.07, 6.45) is 2.56. The average molecular weight is 220 g/mol. The molecule has 16 heavy (non-hydrogen) atoms. The largest absolute Gasteiger partial charge is 0.490 e. The van der Waals surface area contributed by atoms with Crippen molar-refractivity contribution in [2.75, 3.05) is 0 Å². The molecule has 0 radical (unpaired) electrons. The molecule has 0 heterocycles. The lowest BCUT2D eigenvalue weighted by Crippen LogP contribution is -2.04. The average Bonchev–Trinajstić information content (AvgIpc) is 3.01. The zero-order valence-corrected chi connectivity index (χ0v) is 9.56. The molecular weight excluding hydrogens is 204 g/mol. The van der Waals surface area contributed by atoms with Crippen LogP contribution in [0.1, 0.15) is 48.5 Å². The van der Waals surface area contributed by atoms with E-state index in [0.29, 0.717) is 11.7 Å². The van der Waals surface area contributed by atoms with Crippen LogP contribution in [0.25, 0.3) is 0 Å². The Morgan fingerprint density at radius 1 is 1.44 bits per heavy atom. The monoisotopic (exact) mass is 220 g/mol. The molecule has 3 nitrogen and oxygen atoms in total. The molecule has 0 spiro atoms. The van der Waals surface area contributed by atoms with Crippen molar-refractivity contribution in [3.8, 4) is 5.75 Å². The first kappa shape index (κ1) is 11.0. The van der Waals surface area contributed by atoms with Crippen LogP contribution in [-0.4, -0.2) is 17.2 Å². The number of carboxylic acids is 1. The van der Waals surface area contributed by atoms with Gasteiger partial charge in [-0.1, -0.05) is 13.8 Å². The minimum absolute atomic E-state index is 0.271. The van der Waals surface area contributed by atoms with Gasteiger partial charge in [0.2, 0.25) is 0 Å². The van der Waals surface area contributed by atoms with Gasteiger partial charge in [0.1, 0.15) is 5.75 Å². The van der Waals surface area contributed by atoms with Crippen LogP contribution in [0.4, 0.5) is 0 Å². The molecule has 0 saturated heterocycles. The van der Waals surface area contributed by atoms with E-state index < -0.39 is 5.97 Å². The van der Waals surface area contributed by atoms with Gasteiger partial charge >= 0.3 is 5.97 Å². The minimum Gasteiger partial charge on any atom is -0.490 e. The van der Waals surface area contributed by atoms with Crippen LogP contribution >= 0.6 is 0 Å². The van der Waals surface area contributed by atoms with E-state index in [-0.39, 0.29) is 5.92 Å². The SMILES string of the molecule is CC(C)c1cc(C(=O)O)ccc1OC1CC1. The Hall–Kier alpha value is -1.51. The zero-order valence-electron chi connectivity index (χ0n) is 9.56. The Bertz CT molecular complexity index is 406. The molecule has 1 N–H and O–H groups in total. The van der Waals surface area contributed by atoms with Crippen molar-refractivity contribution in [3.63, 3.8) is 0 Å². The second kappa shape index (κ2) is 4.16. The smallest absolute Gasteiger partial charge is 0.335 e. The molecule has 1 fully saturated rings. The van der Waals surface area contributed by atoms with Gasteiger partial charge in [0, 0.05) is 0 Å². The second-order valence-corrected chi connectivity index (χ2v) is 4.53. The van der Waals surface area contributed by atoms with E-state index in [2.05, 4.69) is 0 Å². The first-order valence-electron chi connectivity index (χ1n) is 5.62. The van der Waals surface area contributed by atoms with Crippen LogP contribution in [-0.2, 0) is 0 Å². The summed E-state index contributed by atoms with van der Waals surface area (Å²) in [4.78, 5) is 10.9. The number of carbonyl (C=O) groups is 1. The Labute approximate surface area is 95.0 Å². The van der Waals surface area contributed by atoms with Crippen molar-refractivity contribution < 1.29 is 14.6 Å². The molecule has 0 unspecified atom stereocenters. The maximum atomic E-state index is 10.9. The maximum Gasteiger partial charge on any atom is 0.335 e. The van der Waals surface area contributed by atoms with E-state index in [1.807, 2.05) is 13.8 Å². The third kappa shape index (κ3) is 2.35. The molecular formula is C13H16O3. The highest BCUT2D eigenvalue weighted by Crippen LogP contribution is 2.33. The lowest BCUT2D eigenvalue weighted by atomic mass is 9.99. The molecule has 3 heteroatoms. The lowest BCUT2D eigenvalue weighted by Gasteiger charge is -2.14. The highest BCUT2D eigenvalue weighted by Gasteiger charge is 2.25. The number of carboxylic acid groups (broad SMARTS) is 1. The van der Waals surface area contributed by atoms with Crippen LogP contribution in [0.5, 0.6) is 5.75 Å². The van der Waals surface area contributed by atoms with Crippen molar-refractivity contribution in [2.24, 2.45) is 0 Å². The Morgan fingerprint density at radius 3 is 2.62 bits per heavy atom. The molecule has 86 valence electrons. The quantitative estimate of drug-likeness (QED) is 0.848. The molecule has 0 aromatic heterocycles. The molecule has 0 bridgehead atoms. The van der Waals surface area contributed by atoms with Crippen molar-refractivity contribution in [3.05, 3.63) is 29.3 Å². The topological polar surface area (TPSA) is 46.5 Å². The third-order valence-corrected chi connectivity index (χ3v) is 2.70. The van der Waals surface area contributed by atoms with Gasteiger partial charge in [0.15, 0.2) is 0 Å². The molecule has 1 aliphatic carbocycles. The van der Waals surface area contributed by atoms with E-state index in [4.69, 9.17) is 9.84 Å². The summed E-state index contributed by atoms with van der Waals surface area (Å²) >= 11 is 0. The molecule has 0 atom stereocenters. The molecule has 0 amide bonds. The van der Waals surface area contributed by atoms with Crippen molar-refractivity contribution in [1.29, 1.82) is 0 Å². The normalized spacial score (nSPS) is 15.2. The van der Waals surface area contributed by atoms with Gasteiger partial charge in [-0.3, -0.25) is 0 Å². The van der Waals surface area contributed by atoms with Gasteiger partial charge in [-0.25, -0.2) is 4.79 Å². The highest BCUT2D eigenvalue weighted by molar-refractivity contribution is 5.88. The van der Waals surface area contributed by atoms with E-state index >= 15 is 0 Å². The fraction of sp³-hybridized carbons (Fsp3) is 0.462. The maximum absolute atomic E-state index is 10.9. The van der Waals surface area contributed by atoms with Crippen molar-refractivity contribution in [2.45, 2.75) is 38.7 Å². The number of hydrogen-bond acceptors (Lipinski definition) is 2. The fourth-order valence-electron chi connectivity index (χ4n) is 1.61. The number of aromatic carboxylic acids is 1. The van der Waals surface area contributed by atoms with E-state index in [0.717, 1.165) is 24.2 Å². The highest BCUT2D eigenvalue weighted by atomic mass is 16.5. The predicted molar refractivity (Wildman–Crippen MR) is 61.1 cm³/mol. The van der Waals surface area contributed by atoms with Crippen LogP contribution < -0.4 is 4.74 Å². The van der Waals surface area contributed by atoms with Crippen LogP contribution in [0, 0.1) is 0 Å². The lowest BCUT2D eigenvalue weighted by molar-refractivity contribution is 0.0696. The van der Waals surface area contributed by atoms with Crippen LogP contribution in [0.3, 0.4) is 0 Å². The Kier molecular flexibility index (Phi) is 2.86. The second-order valence-electron chi connectivity index (χ2n) is 4.53. The van der Waals surface area contributed by atoms with Gasteiger partial charge in [-0.05, 0) is 42.5 Å². The first-order valence-corrected chi connectivity index (χ1v) is 5.62. The standard InChI is InChI=1S/C13H16O3/c1-8(2)11-7-9(13(14)15)3-6-12(11)16-10-4-5-10/h3,6-8,10H,4-5H2,1-2H3,(H,14,15). The summed E-state index contributed by atoms with van der Waals surface area (Å²) in [5.41, 5.74) is 1.30. The van der Waals surface area contributed by atoms with Crippen LogP contribution in [0.2, 0.25) is 0 Å². The van der Waals surface area contributed by atoms with Gasteiger partial charge in [0.25, 0.3) is 0 Å². The third-order valence-electron chi connectivity index (χ3n) is 2.70. The van der Waals surface area contributed by atoms with E-state index in [9.17, 15) is 4.79 Å². The van der Waals surface area contributed by atoms with E-state index in [1.54, 1.807) is 18.2 Å². The summed E-state index contributed by atoms with van der Waals surface area (Å²) in [6, 6.07) is 5.09. The van der Waals surface area contributed by atoms with Crippen molar-refractivity contribution >= 4 is 5.97 Å². The molecule has 0 aliphatic heterocycles. The molecule has 2 rings (SSSR count). The predicted octanol–water partition coefficient (Wildman–Crippen LogP) is 3.05. The van der Waals surface area contributed by atoms with E-state index in [1.165, 1.54) is 0 Å². The molecule has 1 aromatic rings. The first-order chi connectivity index (χ1) is 7.58. The number of ether oxygens (including phenoxy) is 1. The van der Waals surface area contributed by atoms with Gasteiger partial charge in [-0.15, -0.1) is 0 Å². The van der Waals surface area contributed by atoms with Gasteiger partial charge in [-0.2, -0.15) is 0 Å². The molecule has 1 aliphatic rings. The summed E-state index contributed by atoms with van der Waals surface area (Å²) in [5, 5.41) is 8.94. The fourth-order valence-corrected chi connectivity index (χ4v) is 1.61. The molecule has 1 saturated carbocycles. The number of benzene rings is 1. The zero-order chi connectivity index (χ0) is 11.7. The summed E-state index contributed by atoms with van der Waals surface area (Å²) in [5.74, 6) is 0.218. The number of rotatable bonds is 4. The molecule has 1 aromatic carbocycles. The number of hydrogen-bond donors (Lipinski definition) is 1. The van der Waals surface area contributed by atoms with Crippen LogP contribution in [0.15, 0.2) is 18.2 Å².